The van der Waals surface area contributed by atoms with Gasteiger partial charge in [0.2, 0.25) is 0 Å². The maximum Gasteiger partial charge on any atom is -0.0548 e. The fraction of sp³-hybridized carbons (Fsp3) is 1.00. The van der Waals surface area contributed by atoms with E-state index in [1.165, 1.54) is 12.8 Å². The van der Waals surface area contributed by atoms with Gasteiger partial charge in [0.25, 0.3) is 0 Å². The summed E-state index contributed by atoms with van der Waals surface area (Å²) in [5.74, 6) is 0. The Morgan fingerprint density at radius 3 is 1.45 bits per heavy atom. The van der Waals surface area contributed by atoms with Gasteiger partial charge in [-0.2, -0.15) is 12.1 Å². The van der Waals surface area contributed by atoms with Gasteiger partial charge in [-0.1, -0.05) is 25.7 Å². The second-order valence-corrected chi connectivity index (χ2v) is 5.83. The molecule has 11 heavy (non-hydrogen) atoms. The summed E-state index contributed by atoms with van der Waals surface area (Å²) in [5, 5.41) is 0. The number of halogens is 2. The van der Waals surface area contributed by atoms with E-state index in [4.69, 9.17) is 30.3 Å². The number of hydrogen-bond acceptors (Lipinski definition) is 0. The Hall–Kier alpha value is 1.19. The van der Waals surface area contributed by atoms with Crippen LogP contribution in [-0.4, -0.2) is 12.1 Å². The Bertz CT molecular complexity index is 84.7. The van der Waals surface area contributed by atoms with Crippen molar-refractivity contribution in [1.82, 2.24) is 0 Å². The molecule has 0 aromatic carbocycles. The third kappa shape index (κ3) is 6.36. The minimum Gasteiger partial charge on any atom is -0.676 e. The predicted octanol–water partition coefficient (Wildman–Crippen LogP) is 3.78. The van der Waals surface area contributed by atoms with Crippen molar-refractivity contribution in [3.05, 3.63) is 11.5 Å². The van der Waals surface area contributed by atoms with E-state index in [0.717, 1.165) is 12.8 Å². The van der Waals surface area contributed by atoms with Gasteiger partial charge in [-0.25, -0.2) is 0 Å². The Balaban J connectivity index is 0.000000292. The van der Waals surface area contributed by atoms with Gasteiger partial charge < -0.3 is 11.5 Å². The molecule has 2 atom stereocenters. The maximum atomic E-state index is 7.29. The quantitative estimate of drug-likeness (QED) is 0.616. The molecule has 0 bridgehead atoms. The van der Waals surface area contributed by atoms with Gasteiger partial charge in [-0.15, -0.1) is 0 Å². The molecule has 1 unspecified atom stereocenters. The Morgan fingerprint density at radius 2 is 1.27 bits per heavy atom. The van der Waals surface area contributed by atoms with Crippen LogP contribution in [0.25, 0.3) is 11.5 Å². The third-order valence-corrected chi connectivity index (χ3v) is 1.77. The standard InChI is InChI=1S/C6H12N2.2ClH.Pt/c7-5-3-1-2-4-6(5)8;;;/h5-8H,1-4H2;2*1H;/q-2;;;+4/p-2/t5-,6?;;;/m0.../s1. The summed E-state index contributed by atoms with van der Waals surface area (Å²) in [6, 6.07) is -0.160. The molecule has 0 heterocycles. The van der Waals surface area contributed by atoms with Gasteiger partial charge in [-0.3, -0.25) is 0 Å². The summed E-state index contributed by atoms with van der Waals surface area (Å²) in [6.07, 6.45) is 4.25. The molecule has 2 nitrogen and oxygen atoms in total. The number of hydrogen-bond donors (Lipinski definition) is 0. The Morgan fingerprint density at radius 1 is 1.00 bits per heavy atom. The molecule has 0 saturated heterocycles. The second-order valence-electron chi connectivity index (χ2n) is 2.54. The van der Waals surface area contributed by atoms with Crippen LogP contribution in [0.4, 0.5) is 0 Å². The van der Waals surface area contributed by atoms with Crippen molar-refractivity contribution in [3.8, 4) is 0 Å². The smallest absolute Gasteiger partial charge is 0.0548 e. The van der Waals surface area contributed by atoms with E-state index >= 15 is 0 Å². The molecule has 1 rings (SSSR count). The van der Waals surface area contributed by atoms with Crippen molar-refractivity contribution in [2.45, 2.75) is 37.8 Å². The number of nitrogens with one attached hydrogen (secondary N) is 2. The molecule has 0 aromatic rings. The van der Waals surface area contributed by atoms with Crippen molar-refractivity contribution < 1.29 is 16.5 Å². The molecule has 70 valence electrons. The van der Waals surface area contributed by atoms with Crippen LogP contribution in [-0.2, 0) is 16.5 Å². The normalized spacial score (nSPS) is 30.9. The summed E-state index contributed by atoms with van der Waals surface area (Å²) >= 11 is -0.472. The van der Waals surface area contributed by atoms with Crippen LogP contribution < -0.4 is 0 Å². The van der Waals surface area contributed by atoms with Crippen LogP contribution in [0.15, 0.2) is 0 Å². The molecule has 2 N–H and O–H groups in total. The molecule has 1 aliphatic carbocycles. The largest absolute Gasteiger partial charge is 0.676 e. The van der Waals surface area contributed by atoms with Crippen molar-refractivity contribution in [2.24, 2.45) is 0 Å². The van der Waals surface area contributed by atoms with Crippen LogP contribution in [0, 0.1) is 0 Å². The van der Waals surface area contributed by atoms with E-state index in [1.807, 2.05) is 0 Å². The molecule has 0 aliphatic heterocycles. The number of rotatable bonds is 0. The van der Waals surface area contributed by atoms with Crippen LogP contribution in [0.5, 0.6) is 0 Å². The van der Waals surface area contributed by atoms with Crippen LogP contribution in [0.1, 0.15) is 25.7 Å². The molecule has 0 spiro atoms. The average molecular weight is 378 g/mol. The van der Waals surface area contributed by atoms with E-state index in [1.54, 1.807) is 0 Å². The Labute approximate surface area is 84.4 Å². The van der Waals surface area contributed by atoms with Crippen molar-refractivity contribution in [3.63, 3.8) is 0 Å². The summed E-state index contributed by atoms with van der Waals surface area (Å²) in [5.41, 5.74) is 14.6. The second kappa shape index (κ2) is 7.82. The van der Waals surface area contributed by atoms with E-state index in [0.29, 0.717) is 0 Å². The average Bonchev–Trinajstić information content (AvgIpc) is 1.97. The molecular weight excluding hydrogens is 366 g/mol. The van der Waals surface area contributed by atoms with E-state index < -0.39 is 16.5 Å². The van der Waals surface area contributed by atoms with Crippen LogP contribution in [0.2, 0.25) is 0 Å². The van der Waals surface area contributed by atoms with Gasteiger partial charge in [-0.05, 0) is 0 Å². The van der Waals surface area contributed by atoms with Crippen molar-refractivity contribution in [1.29, 1.82) is 0 Å². The van der Waals surface area contributed by atoms with Gasteiger partial charge in [0.1, 0.15) is 0 Å². The van der Waals surface area contributed by atoms with Crippen LogP contribution in [0.3, 0.4) is 0 Å². The van der Waals surface area contributed by atoms with Gasteiger partial charge in [0, 0.05) is 0 Å². The molecule has 1 saturated carbocycles. The minimum atomic E-state index is -0.472. The van der Waals surface area contributed by atoms with E-state index in [-0.39, 0.29) is 12.1 Å². The molecule has 0 amide bonds. The SMILES string of the molecule is [Cl][Pt+2][Cl].[NH-]C1CCCC[C@@H]1[NH-]. The fourth-order valence-corrected chi connectivity index (χ4v) is 1.13. The summed E-state index contributed by atoms with van der Waals surface area (Å²) in [6.45, 7) is 0. The zero-order chi connectivity index (χ0) is 8.69. The van der Waals surface area contributed by atoms with E-state index in [9.17, 15) is 0 Å². The van der Waals surface area contributed by atoms with Gasteiger partial charge in [0.15, 0.2) is 0 Å². The molecular formula is C6H12Cl2N2Pt. The molecule has 0 radical (unpaired) electrons. The summed E-state index contributed by atoms with van der Waals surface area (Å²) in [7, 11) is 9.75. The minimum absolute atomic E-state index is 0.0799. The summed E-state index contributed by atoms with van der Waals surface area (Å²) in [4.78, 5) is 0. The predicted molar refractivity (Wildman–Crippen MR) is 46.4 cm³/mol. The first kappa shape index (κ1) is 12.2. The first-order chi connectivity index (χ1) is 5.22. The van der Waals surface area contributed by atoms with Gasteiger partial charge in [0.05, 0.1) is 0 Å². The molecule has 1 fully saturated rings. The third-order valence-electron chi connectivity index (χ3n) is 1.77. The van der Waals surface area contributed by atoms with Crippen molar-refractivity contribution >= 4 is 18.8 Å². The van der Waals surface area contributed by atoms with E-state index in [2.05, 4.69) is 0 Å². The van der Waals surface area contributed by atoms with Crippen molar-refractivity contribution in [2.75, 3.05) is 0 Å². The zero-order valence-corrected chi connectivity index (χ0v) is 9.84. The Kier molecular flexibility index (Phi) is 8.66. The maximum absolute atomic E-state index is 7.29. The summed E-state index contributed by atoms with van der Waals surface area (Å²) < 4.78 is 0. The fourth-order valence-electron chi connectivity index (χ4n) is 1.13. The molecule has 5 heteroatoms. The first-order valence-electron chi connectivity index (χ1n) is 3.47. The molecule has 0 aromatic heterocycles. The first-order valence-corrected chi connectivity index (χ1v) is 9.10. The monoisotopic (exact) mass is 377 g/mol. The zero-order valence-electron chi connectivity index (χ0n) is 6.06. The van der Waals surface area contributed by atoms with Gasteiger partial charge >= 0.3 is 35.3 Å². The topological polar surface area (TPSA) is 47.6 Å². The molecule has 1 aliphatic rings. The van der Waals surface area contributed by atoms with Crippen LogP contribution >= 0.6 is 18.8 Å².